The molecule has 0 amide bonds. The summed E-state index contributed by atoms with van der Waals surface area (Å²) in [5.74, 6) is 0.978. The zero-order valence-electron chi connectivity index (χ0n) is 12.1. The van der Waals surface area contributed by atoms with E-state index in [1.54, 1.807) is 0 Å². The molecule has 1 aromatic carbocycles. The summed E-state index contributed by atoms with van der Waals surface area (Å²) in [7, 11) is 1.86. The van der Waals surface area contributed by atoms with Gasteiger partial charge in [-0.25, -0.2) is 0 Å². The minimum absolute atomic E-state index is 0.110. The van der Waals surface area contributed by atoms with E-state index in [1.165, 1.54) is 11.1 Å². The van der Waals surface area contributed by atoms with Gasteiger partial charge in [-0.2, -0.15) is 0 Å². The first-order chi connectivity index (χ1) is 8.43. The van der Waals surface area contributed by atoms with Gasteiger partial charge in [0.2, 0.25) is 0 Å². The number of aliphatic hydroxyl groups excluding tert-OH is 1. The highest BCUT2D eigenvalue weighted by Crippen LogP contribution is 2.26. The highest BCUT2D eigenvalue weighted by atomic mass is 16.5. The molecule has 1 aromatic rings. The molecule has 0 heterocycles. The number of hydrogen-bond acceptors (Lipinski definition) is 3. The van der Waals surface area contributed by atoms with Crippen molar-refractivity contribution in [2.45, 2.75) is 39.7 Å². The average Bonchev–Trinajstić information content (AvgIpc) is 2.38. The van der Waals surface area contributed by atoms with Crippen molar-refractivity contribution >= 4 is 0 Å². The maximum atomic E-state index is 9.32. The van der Waals surface area contributed by atoms with E-state index in [4.69, 9.17) is 4.74 Å². The Morgan fingerprint density at radius 1 is 1.22 bits per heavy atom. The van der Waals surface area contributed by atoms with E-state index in [9.17, 15) is 5.11 Å². The van der Waals surface area contributed by atoms with Gasteiger partial charge in [0.25, 0.3) is 0 Å². The second-order valence-electron chi connectivity index (χ2n) is 5.22. The van der Waals surface area contributed by atoms with Crippen molar-refractivity contribution in [1.29, 1.82) is 0 Å². The Morgan fingerprint density at radius 3 is 2.39 bits per heavy atom. The molecular formula is C15H25NO2. The van der Waals surface area contributed by atoms with Crippen molar-refractivity contribution in [3.63, 3.8) is 0 Å². The Bertz CT molecular complexity index is 398. The van der Waals surface area contributed by atoms with Crippen molar-refractivity contribution < 1.29 is 9.84 Å². The molecule has 0 spiro atoms. The fourth-order valence-electron chi connectivity index (χ4n) is 1.81. The van der Waals surface area contributed by atoms with Crippen LogP contribution in [0.5, 0.6) is 5.75 Å². The van der Waals surface area contributed by atoms with E-state index in [1.807, 2.05) is 14.0 Å². The molecule has 2 N–H and O–H groups in total. The first-order valence-corrected chi connectivity index (χ1v) is 6.43. The SMILES string of the molecule is CNC(C)(CO)CCOc1c(C)ccc(C)c1C. The zero-order valence-corrected chi connectivity index (χ0v) is 12.1. The molecule has 0 aliphatic rings. The van der Waals surface area contributed by atoms with Crippen LogP contribution in [-0.4, -0.2) is 30.9 Å². The van der Waals surface area contributed by atoms with Crippen molar-refractivity contribution in [1.82, 2.24) is 5.32 Å². The van der Waals surface area contributed by atoms with E-state index in [2.05, 4.69) is 38.2 Å². The van der Waals surface area contributed by atoms with Gasteiger partial charge in [0, 0.05) is 12.0 Å². The molecule has 3 heteroatoms. The quantitative estimate of drug-likeness (QED) is 0.815. The Labute approximate surface area is 110 Å². The summed E-state index contributed by atoms with van der Waals surface area (Å²) in [6.07, 6.45) is 0.771. The van der Waals surface area contributed by atoms with Gasteiger partial charge >= 0.3 is 0 Å². The Hall–Kier alpha value is -1.06. The first kappa shape index (κ1) is 15.0. The number of rotatable bonds is 6. The van der Waals surface area contributed by atoms with Crippen LogP contribution in [-0.2, 0) is 0 Å². The van der Waals surface area contributed by atoms with Gasteiger partial charge in [-0.05, 0) is 51.4 Å². The molecule has 0 aromatic heterocycles. The second kappa shape index (κ2) is 6.21. The van der Waals surface area contributed by atoms with E-state index in [0.717, 1.165) is 17.7 Å². The predicted octanol–water partition coefficient (Wildman–Crippen LogP) is 2.35. The molecule has 0 saturated carbocycles. The van der Waals surface area contributed by atoms with Crippen LogP contribution in [0.1, 0.15) is 30.0 Å². The molecule has 1 atom stereocenters. The van der Waals surface area contributed by atoms with E-state index < -0.39 is 0 Å². The molecule has 3 nitrogen and oxygen atoms in total. The molecule has 0 aliphatic carbocycles. The maximum Gasteiger partial charge on any atom is 0.125 e. The number of ether oxygens (including phenoxy) is 1. The summed E-state index contributed by atoms with van der Waals surface area (Å²) in [5, 5.41) is 12.4. The number of nitrogens with one attached hydrogen (secondary N) is 1. The summed E-state index contributed by atoms with van der Waals surface area (Å²) < 4.78 is 5.90. The third kappa shape index (κ3) is 3.47. The molecule has 0 fully saturated rings. The molecule has 0 saturated heterocycles. The first-order valence-electron chi connectivity index (χ1n) is 6.43. The minimum atomic E-state index is -0.272. The van der Waals surface area contributed by atoms with Gasteiger partial charge in [0.05, 0.1) is 13.2 Å². The van der Waals surface area contributed by atoms with Crippen LogP contribution in [0, 0.1) is 20.8 Å². The monoisotopic (exact) mass is 251 g/mol. The largest absolute Gasteiger partial charge is 0.493 e. The van der Waals surface area contributed by atoms with Crippen LogP contribution in [0.25, 0.3) is 0 Å². The summed E-state index contributed by atoms with van der Waals surface area (Å²) in [6.45, 7) is 8.94. The summed E-state index contributed by atoms with van der Waals surface area (Å²) in [4.78, 5) is 0. The normalized spacial score (nSPS) is 14.3. The molecule has 1 rings (SSSR count). The van der Waals surface area contributed by atoms with Crippen LogP contribution in [0.2, 0.25) is 0 Å². The Kier molecular flexibility index (Phi) is 5.17. The van der Waals surface area contributed by atoms with Gasteiger partial charge in [-0.3, -0.25) is 0 Å². The van der Waals surface area contributed by atoms with Gasteiger partial charge < -0.3 is 15.2 Å². The smallest absolute Gasteiger partial charge is 0.125 e. The lowest BCUT2D eigenvalue weighted by Gasteiger charge is -2.27. The maximum absolute atomic E-state index is 9.32. The molecular weight excluding hydrogens is 226 g/mol. The topological polar surface area (TPSA) is 41.5 Å². The van der Waals surface area contributed by atoms with Crippen molar-refractivity contribution in [3.05, 3.63) is 28.8 Å². The minimum Gasteiger partial charge on any atom is -0.493 e. The van der Waals surface area contributed by atoms with Gasteiger partial charge in [0.15, 0.2) is 0 Å². The van der Waals surface area contributed by atoms with Crippen LogP contribution in [0.3, 0.4) is 0 Å². The Morgan fingerprint density at radius 2 is 1.83 bits per heavy atom. The fourth-order valence-corrected chi connectivity index (χ4v) is 1.81. The van der Waals surface area contributed by atoms with E-state index >= 15 is 0 Å². The number of aryl methyl sites for hydroxylation is 2. The summed E-state index contributed by atoms with van der Waals surface area (Å²) >= 11 is 0. The van der Waals surface area contributed by atoms with Crippen LogP contribution < -0.4 is 10.1 Å². The van der Waals surface area contributed by atoms with E-state index in [-0.39, 0.29) is 12.1 Å². The van der Waals surface area contributed by atoms with Crippen molar-refractivity contribution in [2.24, 2.45) is 0 Å². The third-order valence-electron chi connectivity index (χ3n) is 3.73. The van der Waals surface area contributed by atoms with Crippen LogP contribution in [0.15, 0.2) is 12.1 Å². The molecule has 18 heavy (non-hydrogen) atoms. The lowest BCUT2D eigenvalue weighted by Crippen LogP contribution is -2.44. The predicted molar refractivity (Wildman–Crippen MR) is 75.3 cm³/mol. The van der Waals surface area contributed by atoms with Crippen molar-refractivity contribution in [3.8, 4) is 5.75 Å². The number of aliphatic hydroxyl groups is 1. The number of hydrogen-bond donors (Lipinski definition) is 2. The fraction of sp³-hybridized carbons (Fsp3) is 0.600. The average molecular weight is 251 g/mol. The molecule has 0 radical (unpaired) electrons. The third-order valence-corrected chi connectivity index (χ3v) is 3.73. The van der Waals surface area contributed by atoms with Crippen molar-refractivity contribution in [2.75, 3.05) is 20.3 Å². The second-order valence-corrected chi connectivity index (χ2v) is 5.22. The molecule has 1 unspecified atom stereocenters. The van der Waals surface area contributed by atoms with Gasteiger partial charge in [-0.1, -0.05) is 12.1 Å². The zero-order chi connectivity index (χ0) is 13.8. The summed E-state index contributed by atoms with van der Waals surface area (Å²) in [5.41, 5.74) is 3.33. The molecule has 0 bridgehead atoms. The molecule has 102 valence electrons. The highest BCUT2D eigenvalue weighted by molar-refractivity contribution is 5.44. The molecule has 0 aliphatic heterocycles. The summed E-state index contributed by atoms with van der Waals surface area (Å²) in [6, 6.07) is 4.20. The number of benzene rings is 1. The standard InChI is InChI=1S/C15H25NO2/c1-11-6-7-12(2)14(13(11)3)18-9-8-15(4,10-17)16-5/h6-7,16-17H,8-10H2,1-5H3. The number of likely N-dealkylation sites (N-methyl/N-ethyl adjacent to an activating group) is 1. The lowest BCUT2D eigenvalue weighted by atomic mass is 10.00. The highest BCUT2D eigenvalue weighted by Gasteiger charge is 2.20. The van der Waals surface area contributed by atoms with Gasteiger partial charge in [0.1, 0.15) is 5.75 Å². The van der Waals surface area contributed by atoms with Crippen LogP contribution >= 0.6 is 0 Å². The lowest BCUT2D eigenvalue weighted by molar-refractivity contribution is 0.150. The Balaban J connectivity index is 2.67. The van der Waals surface area contributed by atoms with E-state index in [0.29, 0.717) is 6.61 Å². The van der Waals surface area contributed by atoms with Crippen LogP contribution in [0.4, 0.5) is 0 Å². The van der Waals surface area contributed by atoms with Gasteiger partial charge in [-0.15, -0.1) is 0 Å².